The summed E-state index contributed by atoms with van der Waals surface area (Å²) in [5.74, 6) is 0.410. The minimum atomic E-state index is 0.173. The number of hydrogen-bond acceptors (Lipinski definition) is 2. The van der Waals surface area contributed by atoms with E-state index in [4.69, 9.17) is 0 Å². The number of fused-ring (bicyclic) bond motifs is 1. The number of allylic oxidation sites excluding steroid dienone is 1. The summed E-state index contributed by atoms with van der Waals surface area (Å²) in [6.07, 6.45) is 3.53. The summed E-state index contributed by atoms with van der Waals surface area (Å²) in [6, 6.07) is 8.41. The van der Waals surface area contributed by atoms with Crippen molar-refractivity contribution in [3.8, 4) is 0 Å². The van der Waals surface area contributed by atoms with Crippen molar-refractivity contribution in [1.29, 1.82) is 0 Å². The lowest BCUT2D eigenvalue weighted by atomic mass is 9.85. The predicted molar refractivity (Wildman–Crippen MR) is 86.4 cm³/mol. The molecule has 1 saturated heterocycles. The lowest BCUT2D eigenvalue weighted by molar-refractivity contribution is -0.128. The molecule has 1 aromatic carbocycles. The van der Waals surface area contributed by atoms with Crippen LogP contribution in [0.4, 0.5) is 5.69 Å². The zero-order valence-electron chi connectivity index (χ0n) is 13.2. The lowest BCUT2D eigenvalue weighted by Gasteiger charge is -2.37. The van der Waals surface area contributed by atoms with Gasteiger partial charge < -0.3 is 9.80 Å². The van der Waals surface area contributed by atoms with Gasteiger partial charge in [-0.25, -0.2) is 0 Å². The van der Waals surface area contributed by atoms with Crippen LogP contribution >= 0.6 is 0 Å². The first-order valence-electron chi connectivity index (χ1n) is 7.94. The van der Waals surface area contributed by atoms with Gasteiger partial charge >= 0.3 is 0 Å². The molecule has 3 rings (SSSR count). The van der Waals surface area contributed by atoms with Gasteiger partial charge in [-0.2, -0.15) is 0 Å². The van der Waals surface area contributed by atoms with Gasteiger partial charge in [-0.05, 0) is 37.8 Å². The van der Waals surface area contributed by atoms with E-state index in [9.17, 15) is 4.79 Å². The molecule has 3 heteroatoms. The highest BCUT2D eigenvalue weighted by Gasteiger charge is 2.32. The molecule has 2 heterocycles. The summed E-state index contributed by atoms with van der Waals surface area (Å²) in [6.45, 7) is 6.05. The molecule has 0 saturated carbocycles. The van der Waals surface area contributed by atoms with E-state index in [2.05, 4.69) is 50.1 Å². The summed E-state index contributed by atoms with van der Waals surface area (Å²) >= 11 is 0. The van der Waals surface area contributed by atoms with Gasteiger partial charge in [-0.3, -0.25) is 4.79 Å². The number of para-hydroxylation sites is 1. The lowest BCUT2D eigenvalue weighted by Crippen LogP contribution is -2.40. The van der Waals surface area contributed by atoms with E-state index in [0.717, 1.165) is 37.2 Å². The Morgan fingerprint density at radius 1 is 1.14 bits per heavy atom. The molecule has 3 nitrogen and oxygen atoms in total. The molecule has 0 N–H and O–H groups in total. The number of carbonyl (C=O) groups is 1. The van der Waals surface area contributed by atoms with Crippen LogP contribution in [0.25, 0.3) is 0 Å². The van der Waals surface area contributed by atoms with E-state index in [-0.39, 0.29) is 11.8 Å². The van der Waals surface area contributed by atoms with Gasteiger partial charge in [0.1, 0.15) is 0 Å². The van der Waals surface area contributed by atoms with Crippen molar-refractivity contribution in [3.63, 3.8) is 0 Å². The summed E-state index contributed by atoms with van der Waals surface area (Å²) < 4.78 is 0. The molecule has 2 aliphatic rings. The Kier molecular flexibility index (Phi) is 3.75. The third-order valence-corrected chi connectivity index (χ3v) is 4.96. The first kappa shape index (κ1) is 14.2. The van der Waals surface area contributed by atoms with Crippen LogP contribution in [-0.4, -0.2) is 30.9 Å². The molecule has 21 heavy (non-hydrogen) atoms. The molecule has 1 atom stereocenters. The molecule has 0 aliphatic carbocycles. The first-order chi connectivity index (χ1) is 10.1. The summed E-state index contributed by atoms with van der Waals surface area (Å²) in [7, 11) is 2.06. The van der Waals surface area contributed by atoms with Crippen molar-refractivity contribution in [3.05, 3.63) is 41.1 Å². The maximum atomic E-state index is 13.0. The number of hydrogen-bond donors (Lipinski definition) is 0. The third kappa shape index (κ3) is 2.35. The molecular formula is C18H24N2O. The smallest absolute Gasteiger partial charge is 0.252 e. The van der Waals surface area contributed by atoms with Crippen molar-refractivity contribution >= 4 is 11.6 Å². The number of benzene rings is 1. The average Bonchev–Trinajstić information content (AvgIpc) is 2.53. The first-order valence-corrected chi connectivity index (χ1v) is 7.94. The Morgan fingerprint density at radius 3 is 2.52 bits per heavy atom. The van der Waals surface area contributed by atoms with Crippen molar-refractivity contribution in [2.75, 3.05) is 25.0 Å². The van der Waals surface area contributed by atoms with Crippen LogP contribution in [0.3, 0.4) is 0 Å². The molecule has 0 spiro atoms. The predicted octanol–water partition coefficient (Wildman–Crippen LogP) is 3.53. The number of anilines is 1. The standard InChI is InChI=1S/C18H24N2O/c1-13-15-9-5-6-10-16(15)19(3)14(2)17(13)18(21)20-11-7-4-8-12-20/h5-6,9-10,13H,4,7-8,11-12H2,1-3H3/t13-/m1/s1. The minimum absolute atomic E-state index is 0.173. The van der Waals surface area contributed by atoms with E-state index >= 15 is 0 Å². The highest BCUT2D eigenvalue weighted by atomic mass is 16.2. The molecule has 1 aromatic rings. The number of piperidine rings is 1. The van der Waals surface area contributed by atoms with Crippen LogP contribution in [0.15, 0.2) is 35.5 Å². The van der Waals surface area contributed by atoms with Gasteiger partial charge in [0.25, 0.3) is 5.91 Å². The van der Waals surface area contributed by atoms with Crippen LogP contribution in [0.2, 0.25) is 0 Å². The quantitative estimate of drug-likeness (QED) is 0.787. The fraction of sp³-hybridized carbons (Fsp3) is 0.500. The number of likely N-dealkylation sites (tertiary alicyclic amines) is 1. The SMILES string of the molecule is CC1=C(C(=O)N2CCCCC2)[C@H](C)c2ccccc2N1C. The second kappa shape index (κ2) is 5.55. The average molecular weight is 284 g/mol. The number of nitrogens with zero attached hydrogens (tertiary/aromatic N) is 2. The minimum Gasteiger partial charge on any atom is -0.348 e. The maximum Gasteiger partial charge on any atom is 0.252 e. The van der Waals surface area contributed by atoms with Gasteiger partial charge in [-0.15, -0.1) is 0 Å². The van der Waals surface area contributed by atoms with Gasteiger partial charge in [0.05, 0.1) is 0 Å². The van der Waals surface area contributed by atoms with Gasteiger partial charge in [-0.1, -0.05) is 25.1 Å². The second-order valence-electron chi connectivity index (χ2n) is 6.19. The van der Waals surface area contributed by atoms with E-state index in [1.165, 1.54) is 17.7 Å². The third-order valence-electron chi connectivity index (χ3n) is 4.96. The Labute approximate surface area is 127 Å². The Morgan fingerprint density at radius 2 is 1.81 bits per heavy atom. The summed E-state index contributed by atoms with van der Waals surface area (Å²) in [4.78, 5) is 17.2. The van der Waals surface area contributed by atoms with Crippen LogP contribution in [0.5, 0.6) is 0 Å². The van der Waals surface area contributed by atoms with Crippen molar-refractivity contribution in [2.45, 2.75) is 39.0 Å². The molecule has 0 aromatic heterocycles. The van der Waals surface area contributed by atoms with Crippen molar-refractivity contribution in [2.24, 2.45) is 0 Å². The van der Waals surface area contributed by atoms with E-state index in [1.54, 1.807) is 0 Å². The number of rotatable bonds is 1. The molecular weight excluding hydrogens is 260 g/mol. The highest BCUT2D eigenvalue weighted by molar-refractivity contribution is 5.97. The maximum absolute atomic E-state index is 13.0. The number of carbonyl (C=O) groups excluding carboxylic acids is 1. The molecule has 2 aliphatic heterocycles. The monoisotopic (exact) mass is 284 g/mol. The molecule has 112 valence electrons. The van der Waals surface area contributed by atoms with E-state index < -0.39 is 0 Å². The van der Waals surface area contributed by atoms with Gasteiger partial charge in [0.15, 0.2) is 0 Å². The summed E-state index contributed by atoms with van der Waals surface area (Å²) in [5, 5.41) is 0. The largest absolute Gasteiger partial charge is 0.348 e. The van der Waals surface area contributed by atoms with Crippen LogP contribution in [0.1, 0.15) is 44.6 Å². The van der Waals surface area contributed by atoms with Gasteiger partial charge in [0, 0.05) is 43.0 Å². The zero-order valence-corrected chi connectivity index (χ0v) is 13.2. The Balaban J connectivity index is 1.97. The normalized spacial score (nSPS) is 22.3. The molecule has 1 fully saturated rings. The zero-order chi connectivity index (χ0) is 15.0. The van der Waals surface area contributed by atoms with E-state index in [1.807, 2.05) is 4.90 Å². The fourth-order valence-electron chi connectivity index (χ4n) is 3.60. The fourth-order valence-corrected chi connectivity index (χ4v) is 3.60. The van der Waals surface area contributed by atoms with Crippen LogP contribution in [0, 0.1) is 0 Å². The second-order valence-corrected chi connectivity index (χ2v) is 6.19. The van der Waals surface area contributed by atoms with Crippen molar-refractivity contribution < 1.29 is 4.79 Å². The topological polar surface area (TPSA) is 23.6 Å². The Hall–Kier alpha value is -1.77. The van der Waals surface area contributed by atoms with E-state index in [0.29, 0.717) is 0 Å². The van der Waals surface area contributed by atoms with Crippen LogP contribution in [-0.2, 0) is 4.79 Å². The van der Waals surface area contributed by atoms with Crippen molar-refractivity contribution in [1.82, 2.24) is 4.90 Å². The highest BCUT2D eigenvalue weighted by Crippen LogP contribution is 2.40. The van der Waals surface area contributed by atoms with Crippen LogP contribution < -0.4 is 4.90 Å². The Bertz CT molecular complexity index is 585. The molecule has 0 radical (unpaired) electrons. The molecule has 0 unspecified atom stereocenters. The number of amides is 1. The molecule has 0 bridgehead atoms. The van der Waals surface area contributed by atoms with Gasteiger partial charge in [0.2, 0.25) is 0 Å². The summed E-state index contributed by atoms with van der Waals surface area (Å²) in [5.41, 5.74) is 4.54. The molecule has 1 amide bonds.